The van der Waals surface area contributed by atoms with Gasteiger partial charge in [0, 0.05) is 12.4 Å². The molecule has 2 heterocycles. The number of para-hydroxylation sites is 1. The Morgan fingerprint density at radius 3 is 3.00 bits per heavy atom. The largest absolute Gasteiger partial charge is 0.388 e. The fourth-order valence-electron chi connectivity index (χ4n) is 1.77. The highest BCUT2D eigenvalue weighted by Crippen LogP contribution is 2.22. The molecule has 0 saturated carbocycles. The van der Waals surface area contributed by atoms with Crippen LogP contribution >= 0.6 is 11.3 Å². The first kappa shape index (κ1) is 10.4. The van der Waals surface area contributed by atoms with Crippen LogP contribution in [0, 0.1) is 0 Å². The summed E-state index contributed by atoms with van der Waals surface area (Å²) < 4.78 is 3.10. The van der Waals surface area contributed by atoms with E-state index in [0.29, 0.717) is 12.4 Å². The number of fused-ring (bicyclic) bond motifs is 1. The average molecular weight is 245 g/mol. The zero-order valence-corrected chi connectivity index (χ0v) is 9.89. The van der Waals surface area contributed by atoms with Crippen molar-refractivity contribution in [3.8, 4) is 0 Å². The maximum absolute atomic E-state index is 9.12. The van der Waals surface area contributed by atoms with E-state index in [1.807, 2.05) is 29.0 Å². The number of aromatic nitrogens is 3. The summed E-state index contributed by atoms with van der Waals surface area (Å²) in [5, 5.41) is 10.2. The van der Waals surface area contributed by atoms with Gasteiger partial charge in [0.25, 0.3) is 0 Å². The summed E-state index contributed by atoms with van der Waals surface area (Å²) in [6.07, 6.45) is 3.55. The van der Waals surface area contributed by atoms with Crippen LogP contribution in [0.15, 0.2) is 36.7 Å². The van der Waals surface area contributed by atoms with Crippen LogP contribution in [-0.2, 0) is 13.2 Å². The zero-order valence-electron chi connectivity index (χ0n) is 9.08. The SMILES string of the molecule is OCc1nccn1Cc1nc2ccccc2s1. The van der Waals surface area contributed by atoms with Gasteiger partial charge >= 0.3 is 0 Å². The first-order chi connectivity index (χ1) is 8.36. The van der Waals surface area contributed by atoms with E-state index in [0.717, 1.165) is 10.5 Å². The van der Waals surface area contributed by atoms with Crippen molar-refractivity contribution < 1.29 is 5.11 Å². The second-order valence-corrected chi connectivity index (χ2v) is 4.82. The van der Waals surface area contributed by atoms with Crippen LogP contribution in [0.25, 0.3) is 10.2 Å². The lowest BCUT2D eigenvalue weighted by Crippen LogP contribution is -2.03. The summed E-state index contributed by atoms with van der Waals surface area (Å²) in [4.78, 5) is 8.63. The Morgan fingerprint density at radius 1 is 1.29 bits per heavy atom. The Hall–Kier alpha value is -1.72. The van der Waals surface area contributed by atoms with E-state index in [9.17, 15) is 0 Å². The predicted molar refractivity (Wildman–Crippen MR) is 66.9 cm³/mol. The van der Waals surface area contributed by atoms with Crippen molar-refractivity contribution in [2.75, 3.05) is 0 Å². The predicted octanol–water partition coefficient (Wildman–Crippen LogP) is 2.03. The number of rotatable bonds is 3. The van der Waals surface area contributed by atoms with Crippen LogP contribution in [0.5, 0.6) is 0 Å². The van der Waals surface area contributed by atoms with Crippen molar-refractivity contribution in [1.29, 1.82) is 0 Å². The summed E-state index contributed by atoms with van der Waals surface area (Å²) >= 11 is 1.67. The van der Waals surface area contributed by atoms with Crippen molar-refractivity contribution >= 4 is 21.6 Å². The number of aliphatic hydroxyl groups excluding tert-OH is 1. The summed E-state index contributed by atoms with van der Waals surface area (Å²) in [6, 6.07) is 8.08. The molecule has 5 heteroatoms. The summed E-state index contributed by atoms with van der Waals surface area (Å²) in [6.45, 7) is 0.618. The molecule has 86 valence electrons. The van der Waals surface area contributed by atoms with Gasteiger partial charge in [0.2, 0.25) is 0 Å². The molecule has 0 unspecified atom stereocenters. The van der Waals surface area contributed by atoms with Gasteiger partial charge in [-0.15, -0.1) is 11.3 Å². The third kappa shape index (κ3) is 1.94. The molecule has 4 nitrogen and oxygen atoms in total. The highest BCUT2D eigenvalue weighted by Gasteiger charge is 2.06. The topological polar surface area (TPSA) is 50.9 Å². The molecule has 1 aromatic carbocycles. The molecule has 0 amide bonds. The third-order valence-corrected chi connectivity index (χ3v) is 3.61. The summed E-state index contributed by atoms with van der Waals surface area (Å²) in [5.74, 6) is 0.671. The average Bonchev–Trinajstić information content (AvgIpc) is 2.94. The molecule has 3 rings (SSSR count). The van der Waals surface area contributed by atoms with Crippen molar-refractivity contribution in [1.82, 2.24) is 14.5 Å². The number of imidazole rings is 1. The van der Waals surface area contributed by atoms with E-state index < -0.39 is 0 Å². The van der Waals surface area contributed by atoms with E-state index in [4.69, 9.17) is 5.11 Å². The Kier molecular flexibility index (Phi) is 2.62. The van der Waals surface area contributed by atoms with Crippen molar-refractivity contribution in [2.45, 2.75) is 13.2 Å². The Bertz CT molecular complexity index is 611. The Labute approximate surface area is 102 Å². The van der Waals surface area contributed by atoms with Gasteiger partial charge in [-0.3, -0.25) is 0 Å². The molecule has 0 saturated heterocycles. The molecule has 3 aromatic rings. The van der Waals surface area contributed by atoms with Crippen LogP contribution in [-0.4, -0.2) is 19.6 Å². The molecule has 0 spiro atoms. The van der Waals surface area contributed by atoms with Gasteiger partial charge in [-0.05, 0) is 12.1 Å². The third-order valence-electron chi connectivity index (χ3n) is 2.59. The fraction of sp³-hybridized carbons (Fsp3) is 0.167. The van der Waals surface area contributed by atoms with Gasteiger partial charge in [-0.25, -0.2) is 9.97 Å². The van der Waals surface area contributed by atoms with Crippen molar-refractivity contribution in [2.24, 2.45) is 0 Å². The molecular formula is C12H11N3OS. The molecule has 2 aromatic heterocycles. The molecular weight excluding hydrogens is 234 g/mol. The zero-order chi connectivity index (χ0) is 11.7. The second-order valence-electron chi connectivity index (χ2n) is 3.70. The van der Waals surface area contributed by atoms with Crippen molar-refractivity contribution in [3.63, 3.8) is 0 Å². The Balaban J connectivity index is 1.94. The van der Waals surface area contributed by atoms with Crippen LogP contribution in [0.2, 0.25) is 0 Å². The van der Waals surface area contributed by atoms with E-state index >= 15 is 0 Å². The van der Waals surface area contributed by atoms with Gasteiger partial charge in [-0.1, -0.05) is 12.1 Å². The maximum atomic E-state index is 9.12. The smallest absolute Gasteiger partial charge is 0.134 e. The maximum Gasteiger partial charge on any atom is 0.134 e. The first-order valence-corrected chi connectivity index (χ1v) is 6.14. The summed E-state index contributed by atoms with van der Waals surface area (Å²) in [7, 11) is 0. The standard InChI is InChI=1S/C12H11N3OS/c16-8-11-13-5-6-15(11)7-12-14-9-3-1-2-4-10(9)17-12/h1-6,16H,7-8H2. The molecule has 0 aliphatic heterocycles. The Morgan fingerprint density at radius 2 is 2.18 bits per heavy atom. The molecule has 0 radical (unpaired) electrons. The second kappa shape index (κ2) is 4.27. The molecule has 1 N–H and O–H groups in total. The number of benzene rings is 1. The van der Waals surface area contributed by atoms with E-state index in [1.165, 1.54) is 4.70 Å². The minimum Gasteiger partial charge on any atom is -0.388 e. The van der Waals surface area contributed by atoms with Crippen LogP contribution in [0.1, 0.15) is 10.8 Å². The fourth-order valence-corrected chi connectivity index (χ4v) is 2.74. The van der Waals surface area contributed by atoms with Crippen molar-refractivity contribution in [3.05, 3.63) is 47.5 Å². The highest BCUT2D eigenvalue weighted by atomic mass is 32.1. The quantitative estimate of drug-likeness (QED) is 0.768. The van der Waals surface area contributed by atoms with Crippen LogP contribution in [0.4, 0.5) is 0 Å². The molecule has 0 bridgehead atoms. The molecule has 0 fully saturated rings. The van der Waals surface area contributed by atoms with E-state index in [2.05, 4.69) is 16.0 Å². The number of aliphatic hydroxyl groups is 1. The van der Waals surface area contributed by atoms with Gasteiger partial charge in [0.1, 0.15) is 17.4 Å². The van der Waals surface area contributed by atoms with Gasteiger partial charge in [-0.2, -0.15) is 0 Å². The normalized spacial score (nSPS) is 11.1. The minimum atomic E-state index is -0.0438. The molecule has 0 atom stereocenters. The lowest BCUT2D eigenvalue weighted by Gasteiger charge is -2.02. The van der Waals surface area contributed by atoms with Crippen LogP contribution < -0.4 is 0 Å². The number of nitrogens with zero attached hydrogens (tertiary/aromatic N) is 3. The van der Waals surface area contributed by atoms with E-state index in [1.54, 1.807) is 17.5 Å². The van der Waals surface area contributed by atoms with Gasteiger partial charge < -0.3 is 9.67 Å². The monoisotopic (exact) mass is 245 g/mol. The van der Waals surface area contributed by atoms with Gasteiger partial charge in [0.15, 0.2) is 0 Å². The molecule has 0 aliphatic rings. The first-order valence-electron chi connectivity index (χ1n) is 5.32. The lowest BCUT2D eigenvalue weighted by molar-refractivity contribution is 0.266. The lowest BCUT2D eigenvalue weighted by atomic mass is 10.3. The van der Waals surface area contributed by atoms with Gasteiger partial charge in [0.05, 0.1) is 16.8 Å². The number of thiazole rings is 1. The van der Waals surface area contributed by atoms with Crippen LogP contribution in [0.3, 0.4) is 0 Å². The number of hydrogen-bond acceptors (Lipinski definition) is 4. The highest BCUT2D eigenvalue weighted by molar-refractivity contribution is 7.18. The molecule has 17 heavy (non-hydrogen) atoms. The summed E-state index contributed by atoms with van der Waals surface area (Å²) in [5.41, 5.74) is 1.03. The number of hydrogen-bond donors (Lipinski definition) is 1. The van der Waals surface area contributed by atoms with E-state index in [-0.39, 0.29) is 6.61 Å². The molecule has 0 aliphatic carbocycles. The minimum absolute atomic E-state index is 0.0438.